The number of rotatable bonds is 4. The Bertz CT molecular complexity index is 1030. The molecule has 0 aliphatic heterocycles. The fraction of sp³-hybridized carbons (Fsp3) is 0.192. The van der Waals surface area contributed by atoms with Crippen molar-refractivity contribution in [2.45, 2.75) is 34.6 Å². The third kappa shape index (κ3) is 9.78. The molecule has 0 fully saturated rings. The largest absolute Gasteiger partial charge is 0.358 e. The van der Waals surface area contributed by atoms with Crippen molar-refractivity contribution in [1.82, 2.24) is 4.98 Å². The normalized spacial score (nSPS) is 10.4. The Morgan fingerprint density at radius 3 is 1.72 bits per heavy atom. The molecule has 0 unspecified atom stereocenters. The number of hydrogen-bond acceptors (Lipinski definition) is 3. The van der Waals surface area contributed by atoms with Crippen LogP contribution in [0, 0.1) is 122 Å². The van der Waals surface area contributed by atoms with Gasteiger partial charge in [-0.2, -0.15) is 24.3 Å². The number of aliphatic imine (C=N–C) groups is 2. The van der Waals surface area contributed by atoms with Gasteiger partial charge in [-0.3, -0.25) is 9.98 Å². The first-order chi connectivity index (χ1) is 13.0. The number of aryl methyl sites for hydroxylation is 3. The summed E-state index contributed by atoms with van der Waals surface area (Å²) in [4.78, 5) is 14.3. The Labute approximate surface area is 270 Å². The summed E-state index contributed by atoms with van der Waals surface area (Å²) in [7, 11) is 0. The third-order valence-corrected chi connectivity index (χ3v) is 4.53. The zero-order valence-electron chi connectivity index (χ0n) is 19.7. The maximum atomic E-state index is 4.84. The smallest absolute Gasteiger partial charge is 0.0849 e. The molecule has 172 valence electrons. The van der Waals surface area contributed by atoms with E-state index in [-0.39, 0.29) is 113 Å². The van der Waals surface area contributed by atoms with Gasteiger partial charge in [0.05, 0.1) is 28.5 Å². The molecule has 0 spiro atoms. The Balaban J connectivity index is -0.00000168. The van der Waals surface area contributed by atoms with Crippen LogP contribution >= 0.6 is 0 Å². The molecule has 0 saturated carbocycles. The first-order valence-corrected chi connectivity index (χ1v) is 9.07. The minimum absolute atomic E-state index is 0. The number of pyridine rings is 1. The van der Waals surface area contributed by atoms with Gasteiger partial charge in [-0.15, -0.1) is 5.56 Å². The van der Waals surface area contributed by atoms with Crippen molar-refractivity contribution >= 4 is 22.8 Å². The van der Waals surface area contributed by atoms with Crippen LogP contribution in [0.2, 0.25) is 0 Å². The van der Waals surface area contributed by atoms with Gasteiger partial charge in [-0.25, -0.2) is 4.98 Å². The fourth-order valence-electron chi connectivity index (χ4n) is 2.90. The van der Waals surface area contributed by atoms with Gasteiger partial charge in [0.1, 0.15) is 0 Å². The van der Waals surface area contributed by atoms with Gasteiger partial charge in [0.25, 0.3) is 0 Å². The molecule has 2 aromatic carbocycles. The van der Waals surface area contributed by atoms with Crippen LogP contribution in [0.25, 0.3) is 0 Å². The molecule has 0 aliphatic rings. The van der Waals surface area contributed by atoms with Crippen molar-refractivity contribution in [2.75, 3.05) is 0 Å². The van der Waals surface area contributed by atoms with Crippen molar-refractivity contribution < 1.29 is 97.8 Å². The van der Waals surface area contributed by atoms with Crippen molar-refractivity contribution in [3.05, 3.63) is 104 Å². The standard InChI is InChI=1S/C24H24N3.2CH3.Fe.2Sm/c1-16-10-6-7-13-21(16)25-19(4)22-14-9-15-23(27-22)20(5)26-24-17(2)11-8-12-18(24)3;;;;;/h6-12,14-15H,1-5H3;2*1H3;;;/q3*-1;;;. The maximum absolute atomic E-state index is 4.84. The van der Waals surface area contributed by atoms with Crippen LogP contribution < -0.4 is 0 Å². The molecule has 3 aromatic rings. The second kappa shape index (κ2) is 17.5. The minimum atomic E-state index is 0. The predicted molar refractivity (Wildman–Crippen MR) is 127 cm³/mol. The first-order valence-electron chi connectivity index (χ1n) is 9.07. The number of nitrogens with zero attached hydrogens (tertiary/aromatic N) is 3. The van der Waals surface area contributed by atoms with Crippen molar-refractivity contribution in [2.24, 2.45) is 9.98 Å². The Morgan fingerprint density at radius 1 is 0.719 bits per heavy atom. The quantitative estimate of drug-likeness (QED) is 0.162. The molecule has 3 nitrogen and oxygen atoms in total. The van der Waals surface area contributed by atoms with Crippen molar-refractivity contribution in [3.8, 4) is 0 Å². The van der Waals surface area contributed by atoms with Gasteiger partial charge >= 0.3 is 0 Å². The summed E-state index contributed by atoms with van der Waals surface area (Å²) in [6, 6.07) is 21.3. The molecule has 1 aromatic heterocycles. The molecular formula is C26H30FeN3Sm2-3. The number of hydrogen-bond donors (Lipinski definition) is 0. The first kappa shape index (κ1) is 36.7. The Morgan fingerprint density at radius 2 is 1.19 bits per heavy atom. The van der Waals surface area contributed by atoms with Crippen LogP contribution in [-0.4, -0.2) is 16.4 Å². The van der Waals surface area contributed by atoms with Gasteiger partial charge in [0.15, 0.2) is 0 Å². The Kier molecular flexibility index (Phi) is 20.1. The van der Waals surface area contributed by atoms with Gasteiger partial charge in [0.2, 0.25) is 0 Å². The van der Waals surface area contributed by atoms with Gasteiger partial charge in [-0.1, -0.05) is 31.2 Å². The molecule has 0 atom stereocenters. The van der Waals surface area contributed by atoms with E-state index in [1.807, 2.05) is 57.2 Å². The average molecular weight is 741 g/mol. The molecular weight excluding hydrogens is 711 g/mol. The van der Waals surface area contributed by atoms with E-state index in [2.05, 4.69) is 38.1 Å². The number of aromatic nitrogens is 1. The minimum Gasteiger partial charge on any atom is -0.358 e. The van der Waals surface area contributed by atoms with E-state index in [4.69, 9.17) is 15.0 Å². The van der Waals surface area contributed by atoms with Gasteiger partial charge < -0.3 is 14.9 Å². The van der Waals surface area contributed by atoms with Crippen molar-refractivity contribution in [3.63, 3.8) is 0 Å². The summed E-state index contributed by atoms with van der Waals surface area (Å²) >= 11 is 0. The van der Waals surface area contributed by atoms with Crippen LogP contribution in [0.15, 0.2) is 64.6 Å². The van der Waals surface area contributed by atoms with Crippen LogP contribution in [0.5, 0.6) is 0 Å². The molecule has 0 saturated heterocycles. The van der Waals surface area contributed by atoms with Crippen LogP contribution in [-0.2, 0) is 17.1 Å². The van der Waals surface area contributed by atoms with E-state index in [0.29, 0.717) is 0 Å². The molecule has 3 rings (SSSR count). The molecule has 0 bridgehead atoms. The van der Waals surface area contributed by atoms with Gasteiger partial charge in [0, 0.05) is 97.8 Å². The zero-order chi connectivity index (χ0) is 19.4. The molecule has 0 radical (unpaired) electrons. The van der Waals surface area contributed by atoms with Crippen LogP contribution in [0.1, 0.15) is 41.9 Å². The summed E-state index contributed by atoms with van der Waals surface area (Å²) < 4.78 is 0. The van der Waals surface area contributed by atoms with Gasteiger partial charge in [-0.05, 0) is 56.6 Å². The topological polar surface area (TPSA) is 37.6 Å². The third-order valence-electron chi connectivity index (χ3n) is 4.53. The monoisotopic (exact) mass is 744 g/mol. The molecule has 0 aliphatic carbocycles. The zero-order valence-corrected chi connectivity index (χ0v) is 26.1. The van der Waals surface area contributed by atoms with E-state index in [9.17, 15) is 0 Å². The number of benzene rings is 2. The second-order valence-corrected chi connectivity index (χ2v) is 6.74. The fourth-order valence-corrected chi connectivity index (χ4v) is 2.90. The molecule has 0 amide bonds. The summed E-state index contributed by atoms with van der Waals surface area (Å²) in [5, 5.41) is 0. The molecule has 6 heteroatoms. The van der Waals surface area contributed by atoms with E-state index in [1.165, 1.54) is 11.1 Å². The van der Waals surface area contributed by atoms with E-state index >= 15 is 0 Å². The summed E-state index contributed by atoms with van der Waals surface area (Å²) in [6.45, 7) is 10.2. The van der Waals surface area contributed by atoms with E-state index < -0.39 is 0 Å². The van der Waals surface area contributed by atoms with E-state index in [1.54, 1.807) is 0 Å². The van der Waals surface area contributed by atoms with Crippen LogP contribution in [0.3, 0.4) is 0 Å². The average Bonchev–Trinajstić information content (AvgIpc) is 2.66. The second-order valence-electron chi connectivity index (χ2n) is 6.74. The SMILES string of the molecule is CC(=Nc1[c-]cccc1C)c1cccc(C(C)=Nc2c(C)cccc2C)n1.[CH3-].[CH3-].[Fe].[Sm].[Sm]. The molecule has 32 heavy (non-hydrogen) atoms. The number of para-hydroxylation sites is 2. The predicted octanol–water partition coefficient (Wildman–Crippen LogP) is 6.99. The summed E-state index contributed by atoms with van der Waals surface area (Å²) in [5.74, 6) is 0. The Hall–Kier alpha value is 0.125. The van der Waals surface area contributed by atoms with E-state index in [0.717, 1.165) is 39.7 Å². The maximum Gasteiger partial charge on any atom is 0.0849 e. The van der Waals surface area contributed by atoms with Crippen molar-refractivity contribution in [1.29, 1.82) is 0 Å². The summed E-state index contributed by atoms with van der Waals surface area (Å²) in [6.07, 6.45) is 0. The molecule has 0 N–H and O–H groups in total. The molecule has 1 heterocycles. The van der Waals surface area contributed by atoms with Crippen LogP contribution in [0.4, 0.5) is 11.4 Å². The summed E-state index contributed by atoms with van der Waals surface area (Å²) in [5.41, 5.74) is 8.76.